The van der Waals surface area contributed by atoms with Crippen molar-refractivity contribution >= 4 is 60.0 Å². The SMILES string of the molecule is c1ccc(-c2ccc(-c3nc(-c4ccccc4)nc(-c4ccc5oc6cc7c8cccc9c%10ccccc%10n(c7cc6c5c4)c98)n3)cc2)cc1. The Kier molecular flexibility index (Phi) is 5.60. The van der Waals surface area contributed by atoms with Crippen molar-refractivity contribution in [1.82, 2.24) is 19.4 Å². The van der Waals surface area contributed by atoms with Crippen LogP contribution >= 0.6 is 0 Å². The van der Waals surface area contributed by atoms with E-state index in [0.29, 0.717) is 17.5 Å². The van der Waals surface area contributed by atoms with E-state index in [1.807, 2.05) is 48.5 Å². The topological polar surface area (TPSA) is 56.2 Å². The first-order chi connectivity index (χ1) is 24.8. The molecular formula is C45H26N4O. The Hall–Kier alpha value is -6.85. The summed E-state index contributed by atoms with van der Waals surface area (Å²) in [4.78, 5) is 15.0. The molecule has 0 bridgehead atoms. The van der Waals surface area contributed by atoms with Crippen molar-refractivity contribution in [3.05, 3.63) is 158 Å². The molecule has 11 aromatic rings. The summed E-state index contributed by atoms with van der Waals surface area (Å²) in [6.45, 7) is 0. The summed E-state index contributed by atoms with van der Waals surface area (Å²) in [5.41, 5.74) is 10.4. The Morgan fingerprint density at radius 3 is 1.64 bits per heavy atom. The summed E-state index contributed by atoms with van der Waals surface area (Å²) < 4.78 is 8.91. The lowest BCUT2D eigenvalue weighted by atomic mass is 10.0. The number of hydrogen-bond acceptors (Lipinski definition) is 4. The molecule has 0 aliphatic heterocycles. The third kappa shape index (κ3) is 3.98. The zero-order chi connectivity index (χ0) is 32.8. The van der Waals surface area contributed by atoms with Crippen LogP contribution in [0.3, 0.4) is 0 Å². The Labute approximate surface area is 286 Å². The van der Waals surface area contributed by atoms with Crippen LogP contribution in [0, 0.1) is 0 Å². The zero-order valence-electron chi connectivity index (χ0n) is 26.7. The van der Waals surface area contributed by atoms with Crippen LogP contribution in [0.5, 0.6) is 0 Å². The minimum absolute atomic E-state index is 0.615. The number of para-hydroxylation sites is 2. The summed E-state index contributed by atoms with van der Waals surface area (Å²) >= 11 is 0. The highest BCUT2D eigenvalue weighted by atomic mass is 16.3. The van der Waals surface area contributed by atoms with Gasteiger partial charge >= 0.3 is 0 Å². The molecule has 0 fully saturated rings. The van der Waals surface area contributed by atoms with Gasteiger partial charge in [0.25, 0.3) is 0 Å². The minimum Gasteiger partial charge on any atom is -0.456 e. The van der Waals surface area contributed by atoms with E-state index in [1.165, 1.54) is 43.7 Å². The average molecular weight is 639 g/mol. The summed E-state index contributed by atoms with van der Waals surface area (Å²) in [6.07, 6.45) is 0. The largest absolute Gasteiger partial charge is 0.456 e. The van der Waals surface area contributed by atoms with Crippen LogP contribution in [0.25, 0.3) is 105 Å². The number of nitrogens with zero attached hydrogens (tertiary/aromatic N) is 4. The lowest BCUT2D eigenvalue weighted by Gasteiger charge is -2.09. The number of fused-ring (bicyclic) bond motifs is 9. The van der Waals surface area contributed by atoms with Crippen LogP contribution in [-0.4, -0.2) is 19.4 Å². The van der Waals surface area contributed by atoms with Gasteiger partial charge in [-0.05, 0) is 47.5 Å². The van der Waals surface area contributed by atoms with E-state index in [4.69, 9.17) is 19.4 Å². The maximum atomic E-state index is 6.50. The van der Waals surface area contributed by atoms with E-state index in [9.17, 15) is 0 Å². The molecule has 5 nitrogen and oxygen atoms in total. The van der Waals surface area contributed by atoms with Gasteiger partial charge in [0.2, 0.25) is 0 Å². The first-order valence-corrected chi connectivity index (χ1v) is 16.8. The lowest BCUT2D eigenvalue weighted by molar-refractivity contribution is 0.669. The van der Waals surface area contributed by atoms with E-state index in [0.717, 1.165) is 44.2 Å². The predicted molar refractivity (Wildman–Crippen MR) is 204 cm³/mol. The summed E-state index contributed by atoms with van der Waals surface area (Å²) in [7, 11) is 0. The van der Waals surface area contributed by atoms with Crippen molar-refractivity contribution in [3.63, 3.8) is 0 Å². The van der Waals surface area contributed by atoms with Crippen LogP contribution in [0.1, 0.15) is 0 Å². The van der Waals surface area contributed by atoms with E-state index < -0.39 is 0 Å². The molecule has 50 heavy (non-hydrogen) atoms. The second-order valence-electron chi connectivity index (χ2n) is 12.8. The Morgan fingerprint density at radius 2 is 0.880 bits per heavy atom. The maximum absolute atomic E-state index is 6.50. The molecule has 0 saturated heterocycles. The van der Waals surface area contributed by atoms with Gasteiger partial charge < -0.3 is 8.82 Å². The van der Waals surface area contributed by atoms with E-state index >= 15 is 0 Å². The van der Waals surface area contributed by atoms with Crippen molar-refractivity contribution in [2.45, 2.75) is 0 Å². The first kappa shape index (κ1) is 27.1. The second kappa shape index (κ2) is 10.3. The Bertz CT molecular complexity index is 3070. The Balaban J connectivity index is 1.10. The third-order valence-corrected chi connectivity index (χ3v) is 9.99. The van der Waals surface area contributed by atoms with Gasteiger partial charge in [-0.1, -0.05) is 121 Å². The van der Waals surface area contributed by atoms with Crippen molar-refractivity contribution in [3.8, 4) is 45.3 Å². The number of hydrogen-bond donors (Lipinski definition) is 0. The van der Waals surface area contributed by atoms with Crippen LogP contribution in [0.4, 0.5) is 0 Å². The third-order valence-electron chi connectivity index (χ3n) is 9.99. The quantitative estimate of drug-likeness (QED) is 0.192. The fraction of sp³-hybridized carbons (Fsp3) is 0. The molecule has 4 heterocycles. The van der Waals surface area contributed by atoms with Gasteiger partial charge in [-0.25, -0.2) is 15.0 Å². The fourth-order valence-electron chi connectivity index (χ4n) is 7.63. The van der Waals surface area contributed by atoms with Crippen LogP contribution in [0.15, 0.2) is 162 Å². The van der Waals surface area contributed by atoms with Gasteiger partial charge in [-0.3, -0.25) is 0 Å². The van der Waals surface area contributed by atoms with Crippen LogP contribution in [0.2, 0.25) is 0 Å². The normalized spacial score (nSPS) is 12.0. The molecule has 5 heteroatoms. The number of rotatable bonds is 4. The molecule has 0 aliphatic carbocycles. The highest BCUT2D eigenvalue weighted by molar-refractivity contribution is 6.25. The van der Waals surface area contributed by atoms with Crippen molar-refractivity contribution in [2.24, 2.45) is 0 Å². The van der Waals surface area contributed by atoms with Crippen molar-refractivity contribution in [1.29, 1.82) is 0 Å². The molecule has 4 aromatic heterocycles. The first-order valence-electron chi connectivity index (χ1n) is 16.8. The standard InChI is InChI=1S/C45H26N4O/c1-3-10-27(11-4-1)28-18-20-30(21-19-28)44-46-43(29-12-5-2-6-13-29)47-45(48-44)31-22-23-40-36(24-31)37-25-39-35(26-41(37)50-40)34-16-9-15-33-32-14-7-8-17-38(32)49(39)42(33)34/h1-26H. The number of benzene rings is 7. The molecule has 7 aromatic carbocycles. The maximum Gasteiger partial charge on any atom is 0.164 e. The van der Waals surface area contributed by atoms with Gasteiger partial charge in [0, 0.05) is 49.0 Å². The number of aromatic nitrogens is 4. The van der Waals surface area contributed by atoms with Crippen molar-refractivity contribution in [2.75, 3.05) is 0 Å². The van der Waals surface area contributed by atoms with Crippen molar-refractivity contribution < 1.29 is 4.42 Å². The molecule has 0 N–H and O–H groups in total. The average Bonchev–Trinajstić information content (AvgIpc) is 3.84. The molecule has 0 atom stereocenters. The second-order valence-corrected chi connectivity index (χ2v) is 12.8. The van der Waals surface area contributed by atoms with E-state index in [2.05, 4.69) is 114 Å². The van der Waals surface area contributed by atoms with Gasteiger partial charge in [0.05, 0.1) is 16.6 Å². The number of furan rings is 1. The summed E-state index contributed by atoms with van der Waals surface area (Å²) in [5, 5.41) is 7.06. The molecule has 0 saturated carbocycles. The van der Waals surface area contributed by atoms with Gasteiger partial charge in [-0.2, -0.15) is 0 Å². The molecule has 0 radical (unpaired) electrons. The van der Waals surface area contributed by atoms with Gasteiger partial charge in [0.1, 0.15) is 11.2 Å². The monoisotopic (exact) mass is 638 g/mol. The summed E-state index contributed by atoms with van der Waals surface area (Å²) in [6, 6.07) is 54.9. The molecule has 11 rings (SSSR count). The molecule has 0 aliphatic rings. The van der Waals surface area contributed by atoms with Crippen LogP contribution < -0.4 is 0 Å². The lowest BCUT2D eigenvalue weighted by Crippen LogP contribution is -2.00. The van der Waals surface area contributed by atoms with Gasteiger partial charge in [0.15, 0.2) is 17.5 Å². The predicted octanol–water partition coefficient (Wildman–Crippen LogP) is 11.6. The Morgan fingerprint density at radius 1 is 0.340 bits per heavy atom. The van der Waals surface area contributed by atoms with E-state index in [-0.39, 0.29) is 0 Å². The minimum atomic E-state index is 0.615. The fourth-order valence-corrected chi connectivity index (χ4v) is 7.63. The highest BCUT2D eigenvalue weighted by Crippen LogP contribution is 2.42. The molecular weight excluding hydrogens is 613 g/mol. The molecule has 0 amide bonds. The van der Waals surface area contributed by atoms with Gasteiger partial charge in [-0.15, -0.1) is 0 Å². The molecule has 232 valence electrons. The smallest absolute Gasteiger partial charge is 0.164 e. The highest BCUT2D eigenvalue weighted by Gasteiger charge is 2.20. The molecule has 0 spiro atoms. The molecule has 0 unspecified atom stereocenters. The van der Waals surface area contributed by atoms with Crippen LogP contribution in [-0.2, 0) is 0 Å². The summed E-state index contributed by atoms with van der Waals surface area (Å²) in [5.74, 6) is 1.88. The zero-order valence-corrected chi connectivity index (χ0v) is 26.7. The van der Waals surface area contributed by atoms with E-state index in [1.54, 1.807) is 0 Å².